The Morgan fingerprint density at radius 2 is 1.76 bits per heavy atom. The lowest BCUT2D eigenvalue weighted by atomic mass is 9.94. The van der Waals surface area contributed by atoms with Gasteiger partial charge in [-0.3, -0.25) is 0 Å². The van der Waals surface area contributed by atoms with Crippen LogP contribution in [0.1, 0.15) is 19.4 Å². The monoisotopic (exact) mass is 274 g/mol. The number of benzene rings is 1. The van der Waals surface area contributed by atoms with Crippen LogP contribution in [0.15, 0.2) is 18.2 Å². The summed E-state index contributed by atoms with van der Waals surface area (Å²) in [6.45, 7) is 4.10. The van der Waals surface area contributed by atoms with E-state index in [9.17, 15) is 0 Å². The number of rotatable bonds is 3. The molecule has 2 atom stereocenters. The molecule has 0 spiro atoms. The van der Waals surface area contributed by atoms with Gasteiger partial charge in [0, 0.05) is 23.0 Å². The molecule has 94 valence electrons. The summed E-state index contributed by atoms with van der Waals surface area (Å²) in [6.07, 6.45) is 0. The van der Waals surface area contributed by atoms with Gasteiger partial charge >= 0.3 is 0 Å². The van der Waals surface area contributed by atoms with Crippen LogP contribution < -0.4 is 9.47 Å². The number of halogens is 2. The Bertz CT molecular complexity index is 445. The Labute approximate surface area is 112 Å². The summed E-state index contributed by atoms with van der Waals surface area (Å²) in [7, 11) is 3.27. The van der Waals surface area contributed by atoms with Crippen LogP contribution in [0.25, 0.3) is 0 Å². The number of ether oxygens (including phenoxy) is 2. The van der Waals surface area contributed by atoms with Crippen molar-refractivity contribution >= 4 is 23.2 Å². The van der Waals surface area contributed by atoms with Gasteiger partial charge in [-0.15, -0.1) is 23.2 Å². The van der Waals surface area contributed by atoms with Crippen molar-refractivity contribution in [3.05, 3.63) is 23.8 Å². The molecular formula is C13H16Cl2O2. The van der Waals surface area contributed by atoms with E-state index in [2.05, 4.69) is 6.92 Å². The largest absolute Gasteiger partial charge is 0.497 e. The van der Waals surface area contributed by atoms with Crippen LogP contribution in [0.3, 0.4) is 0 Å². The molecule has 1 aliphatic carbocycles. The Balaban J connectivity index is 2.47. The Morgan fingerprint density at radius 3 is 2.18 bits per heavy atom. The van der Waals surface area contributed by atoms with Crippen molar-refractivity contribution < 1.29 is 9.47 Å². The standard InChI is InChI=1S/C13H16Cl2O2/c1-8-12(2,13(8,14)15)10-6-5-9(16-3)7-11(10)17-4/h5-8H,1-4H3. The fourth-order valence-corrected chi connectivity index (χ4v) is 3.23. The Hall–Kier alpha value is -0.600. The second kappa shape index (κ2) is 3.96. The Kier molecular flexibility index (Phi) is 2.99. The highest BCUT2D eigenvalue weighted by Gasteiger charge is 2.72. The van der Waals surface area contributed by atoms with Crippen molar-refractivity contribution in [3.8, 4) is 11.5 Å². The molecule has 2 rings (SSSR count). The van der Waals surface area contributed by atoms with Crippen molar-refractivity contribution in [2.45, 2.75) is 23.6 Å². The number of alkyl halides is 2. The zero-order valence-electron chi connectivity index (χ0n) is 10.4. The molecule has 1 saturated carbocycles. The second-order valence-corrected chi connectivity index (χ2v) is 6.00. The summed E-state index contributed by atoms with van der Waals surface area (Å²) in [5, 5.41) is 0. The summed E-state index contributed by atoms with van der Waals surface area (Å²) in [6, 6.07) is 5.73. The summed E-state index contributed by atoms with van der Waals surface area (Å²) in [5.41, 5.74) is 0.756. The first-order valence-electron chi connectivity index (χ1n) is 5.50. The highest BCUT2D eigenvalue weighted by molar-refractivity contribution is 6.52. The van der Waals surface area contributed by atoms with Gasteiger partial charge in [0.15, 0.2) is 0 Å². The smallest absolute Gasteiger partial charge is 0.131 e. The first-order chi connectivity index (χ1) is 7.89. The molecule has 0 radical (unpaired) electrons. The van der Waals surface area contributed by atoms with Crippen molar-refractivity contribution in [1.82, 2.24) is 0 Å². The summed E-state index contributed by atoms with van der Waals surface area (Å²) in [5.74, 6) is 1.72. The maximum atomic E-state index is 6.31. The molecule has 17 heavy (non-hydrogen) atoms. The number of hydrogen-bond donors (Lipinski definition) is 0. The van der Waals surface area contributed by atoms with E-state index in [-0.39, 0.29) is 11.3 Å². The van der Waals surface area contributed by atoms with Crippen molar-refractivity contribution in [2.24, 2.45) is 5.92 Å². The SMILES string of the molecule is COc1ccc(C2(C)C(C)C2(Cl)Cl)c(OC)c1. The zero-order chi connectivity index (χ0) is 12.8. The van der Waals surface area contributed by atoms with Crippen molar-refractivity contribution in [1.29, 1.82) is 0 Å². The maximum Gasteiger partial charge on any atom is 0.131 e. The molecule has 1 aliphatic rings. The molecule has 0 amide bonds. The highest BCUT2D eigenvalue weighted by atomic mass is 35.5. The molecule has 2 unspecified atom stereocenters. The minimum absolute atomic E-state index is 0.195. The van der Waals surface area contributed by atoms with E-state index in [4.69, 9.17) is 32.7 Å². The lowest BCUT2D eigenvalue weighted by molar-refractivity contribution is 0.387. The topological polar surface area (TPSA) is 18.5 Å². The van der Waals surface area contributed by atoms with Crippen molar-refractivity contribution in [2.75, 3.05) is 14.2 Å². The van der Waals surface area contributed by atoms with Crippen LogP contribution in [0, 0.1) is 5.92 Å². The average Bonchev–Trinajstić information content (AvgIpc) is 2.73. The van der Waals surface area contributed by atoms with Gasteiger partial charge < -0.3 is 9.47 Å². The summed E-state index contributed by atoms with van der Waals surface area (Å²) in [4.78, 5) is 0. The molecule has 0 aromatic heterocycles. The third-order valence-corrected chi connectivity index (χ3v) is 5.43. The van der Waals surface area contributed by atoms with Crippen LogP contribution >= 0.6 is 23.2 Å². The molecule has 0 heterocycles. The first kappa shape index (κ1) is 12.8. The fraction of sp³-hybridized carbons (Fsp3) is 0.538. The minimum Gasteiger partial charge on any atom is -0.497 e. The van der Waals surface area contributed by atoms with Gasteiger partial charge in [0.25, 0.3) is 0 Å². The van der Waals surface area contributed by atoms with Crippen LogP contribution in [0.5, 0.6) is 11.5 Å². The van der Waals surface area contributed by atoms with Gasteiger partial charge in [-0.1, -0.05) is 19.9 Å². The zero-order valence-corrected chi connectivity index (χ0v) is 11.9. The maximum absolute atomic E-state index is 6.31. The lowest BCUT2D eigenvalue weighted by Crippen LogP contribution is -2.12. The first-order valence-corrected chi connectivity index (χ1v) is 6.25. The highest BCUT2D eigenvalue weighted by Crippen LogP contribution is 2.70. The molecule has 0 bridgehead atoms. The predicted octanol–water partition coefficient (Wildman–Crippen LogP) is 3.79. The van der Waals surface area contributed by atoms with E-state index in [1.54, 1.807) is 14.2 Å². The average molecular weight is 275 g/mol. The second-order valence-electron chi connectivity index (χ2n) is 4.61. The molecule has 1 fully saturated rings. The molecule has 0 N–H and O–H groups in total. The third kappa shape index (κ3) is 1.61. The van der Waals surface area contributed by atoms with Gasteiger partial charge in [0.05, 0.1) is 14.2 Å². The summed E-state index contributed by atoms with van der Waals surface area (Å²) >= 11 is 12.6. The van der Waals surface area contributed by atoms with E-state index in [0.717, 1.165) is 17.1 Å². The van der Waals surface area contributed by atoms with E-state index in [1.165, 1.54) is 0 Å². The van der Waals surface area contributed by atoms with Gasteiger partial charge in [0.1, 0.15) is 15.8 Å². The van der Waals surface area contributed by atoms with E-state index in [1.807, 2.05) is 25.1 Å². The summed E-state index contributed by atoms with van der Waals surface area (Å²) < 4.78 is 9.85. The molecule has 1 aromatic rings. The molecule has 4 heteroatoms. The molecule has 0 aliphatic heterocycles. The van der Waals surface area contributed by atoms with Gasteiger partial charge in [-0.05, 0) is 6.07 Å². The quantitative estimate of drug-likeness (QED) is 0.781. The Morgan fingerprint density at radius 1 is 1.18 bits per heavy atom. The van der Waals surface area contributed by atoms with Crippen LogP contribution in [0.2, 0.25) is 0 Å². The number of hydrogen-bond acceptors (Lipinski definition) is 2. The normalized spacial score (nSPS) is 29.9. The van der Waals surface area contributed by atoms with Gasteiger partial charge in [-0.2, -0.15) is 0 Å². The van der Waals surface area contributed by atoms with Crippen LogP contribution in [-0.2, 0) is 5.41 Å². The number of methoxy groups -OCH3 is 2. The van der Waals surface area contributed by atoms with E-state index >= 15 is 0 Å². The molecule has 2 nitrogen and oxygen atoms in total. The predicted molar refractivity (Wildman–Crippen MR) is 70.5 cm³/mol. The van der Waals surface area contributed by atoms with Gasteiger partial charge in [-0.25, -0.2) is 0 Å². The van der Waals surface area contributed by atoms with E-state index in [0.29, 0.717) is 0 Å². The van der Waals surface area contributed by atoms with Crippen molar-refractivity contribution in [3.63, 3.8) is 0 Å². The molecular weight excluding hydrogens is 259 g/mol. The van der Waals surface area contributed by atoms with E-state index < -0.39 is 4.33 Å². The fourth-order valence-electron chi connectivity index (χ4n) is 2.38. The van der Waals surface area contributed by atoms with Crippen LogP contribution in [-0.4, -0.2) is 18.6 Å². The molecule has 1 aromatic carbocycles. The lowest BCUT2D eigenvalue weighted by Gasteiger charge is -2.17. The minimum atomic E-state index is -0.727. The van der Waals surface area contributed by atoms with Crippen LogP contribution in [0.4, 0.5) is 0 Å². The molecule has 0 saturated heterocycles. The van der Waals surface area contributed by atoms with Gasteiger partial charge in [0.2, 0.25) is 0 Å². The third-order valence-electron chi connectivity index (χ3n) is 3.99.